The Morgan fingerprint density at radius 3 is 2.65 bits per heavy atom. The highest BCUT2D eigenvalue weighted by atomic mass is 35.5. The number of hydrogen-bond acceptors (Lipinski definition) is 3. The van der Waals surface area contributed by atoms with Crippen LogP contribution in [0.2, 0.25) is 5.02 Å². The van der Waals surface area contributed by atoms with Gasteiger partial charge in [-0.3, -0.25) is 4.79 Å². The lowest BCUT2D eigenvalue weighted by atomic mass is 10.2. The highest BCUT2D eigenvalue weighted by molar-refractivity contribution is 7.99. The van der Waals surface area contributed by atoms with Gasteiger partial charge in [0.2, 0.25) is 5.91 Å². The third-order valence-corrected chi connectivity index (χ3v) is 4.46. The SMILES string of the molecule is Cc1ccc(SCCC(=O)NCCOc2ccccc2Cl)cc1. The average molecular weight is 350 g/mol. The zero-order valence-corrected chi connectivity index (χ0v) is 14.6. The summed E-state index contributed by atoms with van der Waals surface area (Å²) in [5.41, 5.74) is 1.24. The largest absolute Gasteiger partial charge is 0.490 e. The van der Waals surface area contributed by atoms with E-state index < -0.39 is 0 Å². The van der Waals surface area contributed by atoms with Crippen molar-refractivity contribution in [1.29, 1.82) is 0 Å². The maximum Gasteiger partial charge on any atom is 0.220 e. The summed E-state index contributed by atoms with van der Waals surface area (Å²) in [5.74, 6) is 1.44. The number of carbonyl (C=O) groups is 1. The molecule has 2 aromatic rings. The molecule has 1 amide bonds. The van der Waals surface area contributed by atoms with Crippen LogP contribution in [0, 0.1) is 6.92 Å². The third-order valence-electron chi connectivity index (χ3n) is 3.14. The van der Waals surface area contributed by atoms with Crippen molar-refractivity contribution >= 4 is 29.3 Å². The molecule has 2 rings (SSSR count). The number of nitrogens with one attached hydrogen (secondary N) is 1. The lowest BCUT2D eigenvalue weighted by Crippen LogP contribution is -2.28. The van der Waals surface area contributed by atoms with Crippen molar-refractivity contribution in [1.82, 2.24) is 5.32 Å². The summed E-state index contributed by atoms with van der Waals surface area (Å²) in [5, 5.41) is 3.42. The minimum absolute atomic E-state index is 0.0346. The molecule has 0 aliphatic rings. The van der Waals surface area contributed by atoms with Crippen LogP contribution in [0.4, 0.5) is 0 Å². The molecule has 0 spiro atoms. The molecule has 0 heterocycles. The Labute approximate surface area is 146 Å². The number of amides is 1. The number of rotatable bonds is 8. The summed E-state index contributed by atoms with van der Waals surface area (Å²) in [6.45, 7) is 2.94. The van der Waals surface area contributed by atoms with Gasteiger partial charge in [0.25, 0.3) is 0 Å². The second-order valence-electron chi connectivity index (χ2n) is 5.04. The Balaban J connectivity index is 1.58. The number of halogens is 1. The monoisotopic (exact) mass is 349 g/mol. The van der Waals surface area contributed by atoms with E-state index in [2.05, 4.69) is 36.5 Å². The molecular weight excluding hydrogens is 330 g/mol. The Morgan fingerprint density at radius 1 is 1.17 bits per heavy atom. The van der Waals surface area contributed by atoms with Crippen LogP contribution in [0.1, 0.15) is 12.0 Å². The fraction of sp³-hybridized carbons (Fsp3) is 0.278. The predicted molar refractivity (Wildman–Crippen MR) is 96.5 cm³/mol. The van der Waals surface area contributed by atoms with Crippen molar-refractivity contribution in [3.8, 4) is 5.75 Å². The summed E-state index contributed by atoms with van der Waals surface area (Å²) < 4.78 is 5.52. The van der Waals surface area contributed by atoms with Gasteiger partial charge in [-0.15, -0.1) is 11.8 Å². The van der Waals surface area contributed by atoms with E-state index in [-0.39, 0.29) is 5.91 Å². The Bertz CT molecular complexity index is 631. The molecule has 2 aromatic carbocycles. The third kappa shape index (κ3) is 6.55. The van der Waals surface area contributed by atoms with Gasteiger partial charge < -0.3 is 10.1 Å². The number of thioether (sulfide) groups is 1. The Kier molecular flexibility index (Phi) is 7.30. The summed E-state index contributed by atoms with van der Waals surface area (Å²) in [6.07, 6.45) is 0.491. The molecule has 122 valence electrons. The van der Waals surface area contributed by atoms with Crippen LogP contribution in [-0.2, 0) is 4.79 Å². The standard InChI is InChI=1S/C18H20ClNO2S/c1-14-6-8-15(9-7-14)23-13-10-18(21)20-11-12-22-17-5-3-2-4-16(17)19/h2-9H,10-13H2,1H3,(H,20,21). The smallest absolute Gasteiger partial charge is 0.220 e. The van der Waals surface area contributed by atoms with Gasteiger partial charge in [0, 0.05) is 17.1 Å². The zero-order valence-electron chi connectivity index (χ0n) is 13.0. The van der Waals surface area contributed by atoms with E-state index >= 15 is 0 Å². The molecule has 0 saturated heterocycles. The van der Waals surface area contributed by atoms with Crippen LogP contribution in [-0.4, -0.2) is 24.8 Å². The van der Waals surface area contributed by atoms with Gasteiger partial charge in [-0.1, -0.05) is 41.4 Å². The first-order valence-corrected chi connectivity index (χ1v) is 8.85. The van der Waals surface area contributed by atoms with E-state index in [0.29, 0.717) is 30.3 Å². The molecule has 0 fully saturated rings. The average Bonchev–Trinajstić information content (AvgIpc) is 2.55. The van der Waals surface area contributed by atoms with Crippen molar-refractivity contribution in [2.75, 3.05) is 18.9 Å². The van der Waals surface area contributed by atoms with Gasteiger partial charge in [-0.25, -0.2) is 0 Å². The number of aryl methyl sites for hydroxylation is 1. The second-order valence-corrected chi connectivity index (χ2v) is 6.62. The maximum absolute atomic E-state index is 11.8. The van der Waals surface area contributed by atoms with Gasteiger partial charge in [0.05, 0.1) is 11.6 Å². The first kappa shape index (κ1) is 17.7. The fourth-order valence-electron chi connectivity index (χ4n) is 1.90. The van der Waals surface area contributed by atoms with Crippen LogP contribution in [0.15, 0.2) is 53.4 Å². The van der Waals surface area contributed by atoms with Gasteiger partial charge in [-0.05, 0) is 31.2 Å². The molecule has 0 bridgehead atoms. The van der Waals surface area contributed by atoms with Gasteiger partial charge in [0.1, 0.15) is 12.4 Å². The Hall–Kier alpha value is -1.65. The van der Waals surface area contributed by atoms with Crippen molar-refractivity contribution in [2.24, 2.45) is 0 Å². The Morgan fingerprint density at radius 2 is 1.91 bits per heavy atom. The molecule has 0 atom stereocenters. The lowest BCUT2D eigenvalue weighted by Gasteiger charge is -2.09. The van der Waals surface area contributed by atoms with Gasteiger partial charge in [0.15, 0.2) is 0 Å². The number of para-hydroxylation sites is 1. The van der Waals surface area contributed by atoms with Crippen molar-refractivity contribution < 1.29 is 9.53 Å². The summed E-state index contributed by atoms with van der Waals surface area (Å²) >= 11 is 7.67. The van der Waals surface area contributed by atoms with E-state index in [1.54, 1.807) is 17.8 Å². The van der Waals surface area contributed by atoms with E-state index in [4.69, 9.17) is 16.3 Å². The molecule has 0 aliphatic heterocycles. The van der Waals surface area contributed by atoms with Crippen molar-refractivity contribution in [3.63, 3.8) is 0 Å². The molecule has 0 unspecified atom stereocenters. The molecule has 23 heavy (non-hydrogen) atoms. The molecule has 0 saturated carbocycles. The summed E-state index contributed by atoms with van der Waals surface area (Å²) in [4.78, 5) is 12.9. The summed E-state index contributed by atoms with van der Waals surface area (Å²) in [7, 11) is 0. The van der Waals surface area contributed by atoms with E-state index in [9.17, 15) is 4.79 Å². The van der Waals surface area contributed by atoms with Crippen molar-refractivity contribution in [2.45, 2.75) is 18.2 Å². The zero-order chi connectivity index (χ0) is 16.5. The molecule has 1 N–H and O–H groups in total. The first-order chi connectivity index (χ1) is 11.1. The summed E-state index contributed by atoms with van der Waals surface area (Å²) in [6, 6.07) is 15.6. The lowest BCUT2D eigenvalue weighted by molar-refractivity contribution is -0.120. The first-order valence-electron chi connectivity index (χ1n) is 7.48. The van der Waals surface area contributed by atoms with Gasteiger partial charge in [-0.2, -0.15) is 0 Å². The highest BCUT2D eigenvalue weighted by Crippen LogP contribution is 2.22. The van der Waals surface area contributed by atoms with Crippen LogP contribution in [0.25, 0.3) is 0 Å². The normalized spacial score (nSPS) is 10.3. The predicted octanol–water partition coefficient (Wildman–Crippen LogP) is 4.33. The van der Waals surface area contributed by atoms with E-state index in [1.807, 2.05) is 18.2 Å². The minimum atomic E-state index is 0.0346. The maximum atomic E-state index is 11.8. The van der Waals surface area contributed by atoms with E-state index in [0.717, 1.165) is 5.75 Å². The molecular formula is C18H20ClNO2S. The quantitative estimate of drug-likeness (QED) is 0.569. The minimum Gasteiger partial charge on any atom is -0.490 e. The van der Waals surface area contributed by atoms with Crippen LogP contribution in [0.3, 0.4) is 0 Å². The van der Waals surface area contributed by atoms with Crippen molar-refractivity contribution in [3.05, 3.63) is 59.1 Å². The molecule has 5 heteroatoms. The number of carbonyl (C=O) groups excluding carboxylic acids is 1. The second kappa shape index (κ2) is 9.48. The topological polar surface area (TPSA) is 38.3 Å². The van der Waals surface area contributed by atoms with Crippen LogP contribution < -0.4 is 10.1 Å². The fourth-order valence-corrected chi connectivity index (χ4v) is 2.94. The van der Waals surface area contributed by atoms with Crippen LogP contribution >= 0.6 is 23.4 Å². The number of hydrogen-bond donors (Lipinski definition) is 1. The highest BCUT2D eigenvalue weighted by Gasteiger charge is 2.03. The van der Waals surface area contributed by atoms with Gasteiger partial charge >= 0.3 is 0 Å². The van der Waals surface area contributed by atoms with Crippen LogP contribution in [0.5, 0.6) is 5.75 Å². The molecule has 3 nitrogen and oxygen atoms in total. The molecule has 0 radical (unpaired) electrons. The van der Waals surface area contributed by atoms with E-state index in [1.165, 1.54) is 10.5 Å². The number of ether oxygens (including phenoxy) is 1. The number of benzene rings is 2. The molecule has 0 aromatic heterocycles. The molecule has 0 aliphatic carbocycles.